The second-order valence-electron chi connectivity index (χ2n) is 8.89. The summed E-state index contributed by atoms with van der Waals surface area (Å²) in [7, 11) is 0. The minimum absolute atomic E-state index is 0.00561. The van der Waals surface area contributed by atoms with Gasteiger partial charge in [-0.3, -0.25) is 4.79 Å². The lowest BCUT2D eigenvalue weighted by molar-refractivity contribution is -0.276. The van der Waals surface area contributed by atoms with Crippen LogP contribution >= 0.6 is 11.6 Å². The van der Waals surface area contributed by atoms with Crippen molar-refractivity contribution in [2.45, 2.75) is 37.3 Å². The Morgan fingerprint density at radius 3 is 2.37 bits per heavy atom. The van der Waals surface area contributed by atoms with Crippen LogP contribution in [0.1, 0.15) is 39.0 Å². The van der Waals surface area contributed by atoms with Gasteiger partial charge in [-0.15, -0.1) is 0 Å². The lowest BCUT2D eigenvalue weighted by atomic mass is 9.85. The highest BCUT2D eigenvalue weighted by atomic mass is 35.5. The van der Waals surface area contributed by atoms with E-state index in [-0.39, 0.29) is 48.1 Å². The summed E-state index contributed by atoms with van der Waals surface area (Å²) in [4.78, 5) is 29.6. The van der Waals surface area contributed by atoms with Crippen LogP contribution in [0.2, 0.25) is 5.02 Å². The Balaban J connectivity index is 1.60. The van der Waals surface area contributed by atoms with Gasteiger partial charge in [0.05, 0.1) is 28.8 Å². The first-order valence-electron chi connectivity index (χ1n) is 10.9. The molecule has 3 amide bonds. The fraction of sp³-hybridized carbons (Fsp3) is 0.348. The van der Waals surface area contributed by atoms with Crippen molar-refractivity contribution < 1.29 is 45.2 Å². The van der Waals surface area contributed by atoms with Gasteiger partial charge in [-0.1, -0.05) is 22.8 Å². The van der Waals surface area contributed by atoms with E-state index in [0.717, 1.165) is 0 Å². The summed E-state index contributed by atoms with van der Waals surface area (Å²) >= 11 is 5.51. The lowest BCUT2D eigenvalue weighted by Crippen LogP contribution is -2.62. The van der Waals surface area contributed by atoms with Crippen LogP contribution in [0.3, 0.4) is 0 Å². The van der Waals surface area contributed by atoms with E-state index in [1.165, 1.54) is 30.0 Å². The molecule has 0 bridgehead atoms. The Morgan fingerprint density at radius 1 is 1.16 bits per heavy atom. The van der Waals surface area contributed by atoms with E-state index in [9.17, 15) is 40.3 Å². The van der Waals surface area contributed by atoms with Crippen LogP contribution < -0.4 is 11.1 Å². The predicted molar refractivity (Wildman–Crippen MR) is 120 cm³/mol. The minimum Gasteiger partial charge on any atom is -0.374 e. The van der Waals surface area contributed by atoms with E-state index in [1.807, 2.05) is 0 Å². The number of hydrogen-bond donors (Lipinski definition) is 2. The zero-order valence-electron chi connectivity index (χ0n) is 19.3. The minimum atomic E-state index is -5.39. The first-order chi connectivity index (χ1) is 17.5. The van der Waals surface area contributed by atoms with E-state index in [1.54, 1.807) is 0 Å². The number of hydrogen-bond acceptors (Lipinski definition) is 4. The monoisotopic (exact) mass is 566 g/mol. The van der Waals surface area contributed by atoms with Gasteiger partial charge in [0, 0.05) is 24.2 Å². The van der Waals surface area contributed by atoms with Gasteiger partial charge < -0.3 is 20.8 Å². The molecule has 204 valence electrons. The predicted octanol–water partition coefficient (Wildman–Crippen LogP) is 4.88. The summed E-state index contributed by atoms with van der Waals surface area (Å²) in [5.74, 6) is -2.22. The van der Waals surface area contributed by atoms with Gasteiger partial charge >= 0.3 is 18.4 Å². The van der Waals surface area contributed by atoms with Gasteiger partial charge in [-0.05, 0) is 42.3 Å². The number of oxime groups is 1. The number of nitrogens with zero attached hydrogens (tertiary/aromatic N) is 2. The van der Waals surface area contributed by atoms with Crippen LogP contribution in [0.4, 0.5) is 35.5 Å². The molecular weight excluding hydrogens is 549 g/mol. The van der Waals surface area contributed by atoms with Crippen LogP contribution in [-0.2, 0) is 16.6 Å². The second kappa shape index (κ2) is 9.33. The molecule has 2 aliphatic rings. The number of benzene rings is 2. The Kier molecular flexibility index (Phi) is 6.75. The highest BCUT2D eigenvalue weighted by Crippen LogP contribution is 2.51. The molecule has 4 rings (SSSR count). The molecule has 2 heterocycles. The van der Waals surface area contributed by atoms with Crippen LogP contribution in [0.15, 0.2) is 35.5 Å². The molecule has 1 saturated heterocycles. The number of likely N-dealkylation sites (tertiary alicyclic amines) is 1. The summed E-state index contributed by atoms with van der Waals surface area (Å²) < 4.78 is 97.2. The smallest absolute Gasteiger partial charge is 0.374 e. The molecule has 15 heteroatoms. The van der Waals surface area contributed by atoms with Crippen LogP contribution in [0.25, 0.3) is 0 Å². The average Bonchev–Trinajstić information content (AvgIpc) is 3.23. The Morgan fingerprint density at radius 2 is 1.82 bits per heavy atom. The molecule has 2 aromatic rings. The van der Waals surface area contributed by atoms with Crippen molar-refractivity contribution in [1.82, 2.24) is 10.2 Å². The van der Waals surface area contributed by atoms with Crippen molar-refractivity contribution >= 4 is 29.3 Å². The molecular formula is C23H18ClF7N4O3. The third-order valence-electron chi connectivity index (χ3n) is 6.31. The van der Waals surface area contributed by atoms with E-state index in [2.05, 4.69) is 15.3 Å². The molecule has 0 aliphatic carbocycles. The Labute approximate surface area is 215 Å². The number of primary amides is 1. The Bertz CT molecular complexity index is 1340. The van der Waals surface area contributed by atoms with Gasteiger partial charge in [0.25, 0.3) is 11.5 Å². The molecule has 0 spiro atoms. The number of halogens is 8. The maximum Gasteiger partial charge on any atom is 0.435 e. The first kappa shape index (κ1) is 27.5. The van der Waals surface area contributed by atoms with Crippen molar-refractivity contribution in [2.24, 2.45) is 10.9 Å². The van der Waals surface area contributed by atoms with Crippen molar-refractivity contribution in [3.63, 3.8) is 0 Å². The molecule has 3 N–H and O–H groups in total. The second-order valence-corrected chi connectivity index (χ2v) is 9.30. The largest absolute Gasteiger partial charge is 0.435 e. The zero-order valence-corrected chi connectivity index (χ0v) is 20.1. The number of rotatable bonds is 4. The Hall–Kier alpha value is -3.55. The zero-order chi connectivity index (χ0) is 28.2. The number of urea groups is 1. The molecule has 0 unspecified atom stereocenters. The summed E-state index contributed by atoms with van der Waals surface area (Å²) in [6.07, 6.45) is -11.6. The van der Waals surface area contributed by atoms with Crippen molar-refractivity contribution in [1.29, 1.82) is 0 Å². The molecule has 0 aromatic heterocycles. The number of alkyl halides is 6. The molecule has 1 fully saturated rings. The average molecular weight is 567 g/mol. The third-order valence-corrected chi connectivity index (χ3v) is 6.58. The summed E-state index contributed by atoms with van der Waals surface area (Å²) in [6.45, 7) is 1.96. The van der Waals surface area contributed by atoms with E-state index in [4.69, 9.17) is 17.3 Å². The topological polar surface area (TPSA) is 97.0 Å². The quantitative estimate of drug-likeness (QED) is 0.516. The van der Waals surface area contributed by atoms with Crippen LogP contribution in [-0.4, -0.2) is 47.9 Å². The van der Waals surface area contributed by atoms with Crippen LogP contribution in [0, 0.1) is 12.7 Å². The van der Waals surface area contributed by atoms with Crippen molar-refractivity contribution in [3.05, 3.63) is 69.0 Å². The normalized spacial score (nSPS) is 20.0. The van der Waals surface area contributed by atoms with Gasteiger partial charge in [0.1, 0.15) is 5.82 Å². The molecule has 0 radical (unpaired) electrons. The lowest BCUT2D eigenvalue weighted by Gasteiger charge is -2.38. The number of aryl methyl sites for hydroxylation is 1. The number of carbonyl (C=O) groups excluding carboxylic acids is 2. The number of carbonyl (C=O) groups is 2. The van der Waals surface area contributed by atoms with E-state index >= 15 is 0 Å². The third kappa shape index (κ3) is 4.84. The highest BCUT2D eigenvalue weighted by molar-refractivity contribution is 6.30. The first-order valence-corrected chi connectivity index (χ1v) is 11.3. The summed E-state index contributed by atoms with van der Waals surface area (Å²) in [5, 5.41) is 4.96. The molecule has 2 aliphatic heterocycles. The molecule has 2 aromatic carbocycles. The van der Waals surface area contributed by atoms with E-state index in [0.29, 0.717) is 5.56 Å². The summed E-state index contributed by atoms with van der Waals surface area (Å²) in [6, 6.07) is 3.18. The van der Waals surface area contributed by atoms with Gasteiger partial charge in [0.15, 0.2) is 0 Å². The molecule has 38 heavy (non-hydrogen) atoms. The maximum absolute atomic E-state index is 14.7. The van der Waals surface area contributed by atoms with Crippen molar-refractivity contribution in [2.75, 3.05) is 13.1 Å². The van der Waals surface area contributed by atoms with Gasteiger partial charge in [0.2, 0.25) is 0 Å². The standard InChI is InChI=1S/C23H18ClF7N4O3/c1-10-4-11(2-3-14(10)19(36)33-13-8-35(9-13)20(32)37)17-7-21(38-34-17,23(29,30)31)15-5-12(22(26,27)28)6-16(24)18(15)25/h2-6,13H,7-9H2,1H3,(H2,32,37)(H,33,36)/t21-/m0/s1. The van der Waals surface area contributed by atoms with E-state index < -0.39 is 58.3 Å². The molecule has 0 saturated carbocycles. The number of nitrogens with one attached hydrogen (secondary N) is 1. The number of nitrogens with two attached hydrogens (primary N) is 1. The molecule has 7 nitrogen and oxygen atoms in total. The highest BCUT2D eigenvalue weighted by Gasteiger charge is 2.64. The van der Waals surface area contributed by atoms with Gasteiger partial charge in [-0.25, -0.2) is 9.18 Å². The molecule has 1 atom stereocenters. The number of amides is 3. The van der Waals surface area contributed by atoms with Crippen LogP contribution in [0.5, 0.6) is 0 Å². The fourth-order valence-corrected chi connectivity index (χ4v) is 4.41. The van der Waals surface area contributed by atoms with Gasteiger partial charge in [-0.2, -0.15) is 26.3 Å². The maximum atomic E-state index is 14.7. The van der Waals surface area contributed by atoms with Crippen molar-refractivity contribution in [3.8, 4) is 0 Å². The summed E-state index contributed by atoms with van der Waals surface area (Å²) in [5.41, 5.74) is -1.22. The SMILES string of the molecule is Cc1cc(C2=NO[C@@](c3cc(C(F)(F)F)cc(Cl)c3F)(C(F)(F)F)C2)ccc1C(=O)NC1CN(C(N)=O)C1. The fourth-order valence-electron chi connectivity index (χ4n) is 4.19.